The van der Waals surface area contributed by atoms with Gasteiger partial charge >= 0.3 is 0 Å². The molecule has 4 aromatic heterocycles. The summed E-state index contributed by atoms with van der Waals surface area (Å²) < 4.78 is 4.81. The van der Waals surface area contributed by atoms with Crippen LogP contribution in [0.1, 0.15) is 28.0 Å². The molecule has 4 aromatic rings. The molecule has 1 aliphatic carbocycles. The van der Waals surface area contributed by atoms with Gasteiger partial charge in [0.25, 0.3) is 5.56 Å². The van der Waals surface area contributed by atoms with Gasteiger partial charge in [-0.05, 0) is 54.2 Å². The molecule has 0 saturated heterocycles. The van der Waals surface area contributed by atoms with Crippen LogP contribution in [0.4, 0.5) is 0 Å². The SMILES string of the molecule is Cn1cc(-c2ccnc(-n3ccn4c5c(cc4c3=O)CCC5)c2C=O)ccc1=O. The Hall–Kier alpha value is -3.74. The third-order valence-electron chi connectivity index (χ3n) is 5.61. The molecule has 0 unspecified atom stereocenters. The topological polar surface area (TPSA) is 78.4 Å². The Morgan fingerprint density at radius 1 is 1.10 bits per heavy atom. The summed E-state index contributed by atoms with van der Waals surface area (Å²) in [5.41, 5.74) is 4.25. The van der Waals surface area contributed by atoms with E-state index in [0.29, 0.717) is 28.5 Å². The number of nitrogens with zero attached hydrogens (tertiary/aromatic N) is 4. The Bertz CT molecular complexity index is 1410. The van der Waals surface area contributed by atoms with Gasteiger partial charge in [0.1, 0.15) is 5.52 Å². The Kier molecular flexibility index (Phi) is 3.84. The largest absolute Gasteiger partial charge is 0.318 e. The van der Waals surface area contributed by atoms with Crippen molar-refractivity contribution < 1.29 is 4.79 Å². The molecule has 144 valence electrons. The van der Waals surface area contributed by atoms with Crippen molar-refractivity contribution in [1.29, 1.82) is 0 Å². The lowest BCUT2D eigenvalue weighted by molar-refractivity contribution is 0.112. The zero-order valence-corrected chi connectivity index (χ0v) is 15.8. The minimum Gasteiger partial charge on any atom is -0.318 e. The fourth-order valence-electron chi connectivity index (χ4n) is 4.16. The van der Waals surface area contributed by atoms with Crippen molar-refractivity contribution >= 4 is 11.8 Å². The molecular weight excluding hydrogens is 368 g/mol. The van der Waals surface area contributed by atoms with Crippen molar-refractivity contribution in [2.45, 2.75) is 19.3 Å². The molecule has 0 aliphatic heterocycles. The molecular formula is C22H18N4O3. The summed E-state index contributed by atoms with van der Waals surface area (Å²) >= 11 is 0. The zero-order chi connectivity index (χ0) is 20.1. The van der Waals surface area contributed by atoms with Crippen LogP contribution in [0, 0.1) is 0 Å². The van der Waals surface area contributed by atoms with Crippen LogP contribution in [-0.4, -0.2) is 24.8 Å². The highest BCUT2D eigenvalue weighted by atomic mass is 16.1. The Morgan fingerprint density at radius 2 is 1.97 bits per heavy atom. The highest BCUT2D eigenvalue weighted by Gasteiger charge is 2.20. The van der Waals surface area contributed by atoms with Gasteiger partial charge in [-0.25, -0.2) is 4.98 Å². The van der Waals surface area contributed by atoms with Crippen molar-refractivity contribution in [2.75, 3.05) is 0 Å². The molecule has 0 atom stereocenters. The van der Waals surface area contributed by atoms with E-state index in [4.69, 9.17) is 0 Å². The molecule has 1 aliphatic rings. The fraction of sp³-hybridized carbons (Fsp3) is 0.182. The van der Waals surface area contributed by atoms with E-state index in [1.165, 1.54) is 26.5 Å². The molecule has 0 fully saturated rings. The number of carbonyl (C=O) groups excluding carboxylic acids is 1. The molecule has 0 amide bonds. The average Bonchev–Trinajstić information content (AvgIpc) is 3.32. The maximum absolute atomic E-state index is 13.2. The van der Waals surface area contributed by atoms with Crippen LogP contribution < -0.4 is 11.1 Å². The number of aldehydes is 1. The van der Waals surface area contributed by atoms with Crippen LogP contribution >= 0.6 is 0 Å². The van der Waals surface area contributed by atoms with Crippen molar-refractivity contribution in [3.05, 3.63) is 86.6 Å². The van der Waals surface area contributed by atoms with Crippen LogP contribution in [0.3, 0.4) is 0 Å². The summed E-state index contributed by atoms with van der Waals surface area (Å²) in [6.45, 7) is 0. The van der Waals surface area contributed by atoms with E-state index in [2.05, 4.69) is 4.98 Å². The van der Waals surface area contributed by atoms with Gasteiger partial charge in [0.15, 0.2) is 12.1 Å². The Labute approximate surface area is 165 Å². The maximum Gasteiger partial charge on any atom is 0.280 e. The number of hydrogen-bond acceptors (Lipinski definition) is 4. The van der Waals surface area contributed by atoms with E-state index >= 15 is 0 Å². The second-order valence-corrected chi connectivity index (χ2v) is 7.28. The molecule has 29 heavy (non-hydrogen) atoms. The molecule has 0 saturated carbocycles. The third-order valence-corrected chi connectivity index (χ3v) is 5.61. The van der Waals surface area contributed by atoms with E-state index in [0.717, 1.165) is 19.3 Å². The lowest BCUT2D eigenvalue weighted by atomic mass is 10.0. The summed E-state index contributed by atoms with van der Waals surface area (Å²) in [7, 11) is 1.65. The van der Waals surface area contributed by atoms with Gasteiger partial charge in [0, 0.05) is 43.6 Å². The standard InChI is InChI=1S/C22H18N4O3/c1-24-12-15(5-6-20(24)28)16-7-8-23-21(17(16)13-27)26-10-9-25-18-4-2-3-14(18)11-19(25)22(26)29/h5-13H,2-4H2,1H3. The van der Waals surface area contributed by atoms with Gasteiger partial charge in [0.2, 0.25) is 5.56 Å². The molecule has 5 rings (SSSR count). The fourth-order valence-corrected chi connectivity index (χ4v) is 4.16. The summed E-state index contributed by atoms with van der Waals surface area (Å²) in [6.07, 6.45) is 10.5. The number of fused-ring (bicyclic) bond motifs is 3. The minimum absolute atomic E-state index is 0.140. The first-order valence-electron chi connectivity index (χ1n) is 9.44. The van der Waals surface area contributed by atoms with E-state index in [9.17, 15) is 14.4 Å². The first-order valence-corrected chi connectivity index (χ1v) is 9.44. The molecule has 4 heterocycles. The first kappa shape index (κ1) is 17.4. The lowest BCUT2D eigenvalue weighted by Crippen LogP contribution is -2.22. The van der Waals surface area contributed by atoms with E-state index in [1.54, 1.807) is 37.8 Å². The summed E-state index contributed by atoms with van der Waals surface area (Å²) in [5.74, 6) is 0.278. The Morgan fingerprint density at radius 3 is 2.76 bits per heavy atom. The molecule has 0 spiro atoms. The van der Waals surface area contributed by atoms with Gasteiger partial charge in [-0.3, -0.25) is 19.0 Å². The predicted molar refractivity (Wildman–Crippen MR) is 109 cm³/mol. The number of carbonyl (C=O) groups is 1. The van der Waals surface area contributed by atoms with Gasteiger partial charge in [-0.2, -0.15) is 0 Å². The maximum atomic E-state index is 13.2. The second kappa shape index (κ2) is 6.41. The minimum atomic E-state index is -0.213. The van der Waals surface area contributed by atoms with Crippen LogP contribution in [0.15, 0.2) is 58.6 Å². The third kappa shape index (κ3) is 2.58. The van der Waals surface area contributed by atoms with Gasteiger partial charge < -0.3 is 8.97 Å². The van der Waals surface area contributed by atoms with Crippen LogP contribution in [0.25, 0.3) is 22.5 Å². The van der Waals surface area contributed by atoms with Gasteiger partial charge in [-0.1, -0.05) is 0 Å². The monoisotopic (exact) mass is 386 g/mol. The van der Waals surface area contributed by atoms with Crippen molar-refractivity contribution in [1.82, 2.24) is 18.5 Å². The zero-order valence-electron chi connectivity index (χ0n) is 15.8. The number of aryl methyl sites for hydroxylation is 3. The molecule has 0 radical (unpaired) electrons. The number of aromatic nitrogens is 4. The van der Waals surface area contributed by atoms with Crippen LogP contribution in [0.2, 0.25) is 0 Å². The van der Waals surface area contributed by atoms with Crippen molar-refractivity contribution in [3.8, 4) is 16.9 Å². The number of hydrogen-bond donors (Lipinski definition) is 0. The second-order valence-electron chi connectivity index (χ2n) is 7.28. The normalized spacial score (nSPS) is 13.0. The van der Waals surface area contributed by atoms with Crippen molar-refractivity contribution in [3.63, 3.8) is 0 Å². The number of rotatable bonds is 3. The Balaban J connectivity index is 1.74. The van der Waals surface area contributed by atoms with Crippen LogP contribution in [-0.2, 0) is 19.9 Å². The highest BCUT2D eigenvalue weighted by Crippen LogP contribution is 2.27. The summed E-state index contributed by atoms with van der Waals surface area (Å²) in [6, 6.07) is 6.77. The molecule has 0 aromatic carbocycles. The summed E-state index contributed by atoms with van der Waals surface area (Å²) in [4.78, 5) is 41.2. The summed E-state index contributed by atoms with van der Waals surface area (Å²) in [5, 5.41) is 0. The van der Waals surface area contributed by atoms with Gasteiger partial charge in [0.05, 0.1) is 5.56 Å². The quantitative estimate of drug-likeness (QED) is 0.506. The average molecular weight is 386 g/mol. The molecule has 0 bridgehead atoms. The molecule has 7 heteroatoms. The predicted octanol–water partition coefficient (Wildman–Crippen LogP) is 2.15. The molecule has 0 N–H and O–H groups in total. The van der Waals surface area contributed by atoms with Gasteiger partial charge in [-0.15, -0.1) is 0 Å². The van der Waals surface area contributed by atoms with Crippen molar-refractivity contribution in [2.24, 2.45) is 7.05 Å². The lowest BCUT2D eigenvalue weighted by Gasteiger charge is -2.13. The first-order chi connectivity index (χ1) is 14.1. The van der Waals surface area contributed by atoms with E-state index in [1.807, 2.05) is 16.7 Å². The molecule has 7 nitrogen and oxygen atoms in total. The number of pyridine rings is 2. The van der Waals surface area contributed by atoms with E-state index in [-0.39, 0.29) is 16.9 Å². The highest BCUT2D eigenvalue weighted by molar-refractivity contribution is 5.91. The smallest absolute Gasteiger partial charge is 0.280 e. The van der Waals surface area contributed by atoms with Crippen LogP contribution in [0.5, 0.6) is 0 Å². The van der Waals surface area contributed by atoms with E-state index < -0.39 is 0 Å².